The first-order valence-electron chi connectivity index (χ1n) is 5.50. The van der Waals surface area contributed by atoms with Crippen molar-refractivity contribution in [2.45, 2.75) is 5.16 Å². The zero-order valence-electron chi connectivity index (χ0n) is 11.4. The van der Waals surface area contributed by atoms with E-state index in [-0.39, 0.29) is 5.91 Å². The minimum atomic E-state index is 0.0350. The summed E-state index contributed by atoms with van der Waals surface area (Å²) in [5.41, 5.74) is 0. The van der Waals surface area contributed by atoms with Gasteiger partial charge in [-0.2, -0.15) is 0 Å². The smallest absolute Gasteiger partial charge is 0.241 e. The van der Waals surface area contributed by atoms with Gasteiger partial charge in [-0.05, 0) is 6.26 Å². The fraction of sp³-hybridized carbons (Fsp3) is 0.545. The molecular weight excluding hydrogens is 250 g/mol. The molecule has 0 spiro atoms. The Balaban J connectivity index is 2.90. The van der Waals surface area contributed by atoms with Crippen LogP contribution < -0.4 is 10.2 Å². The molecule has 0 unspecified atom stereocenters. The van der Waals surface area contributed by atoms with Crippen molar-refractivity contribution in [1.29, 1.82) is 0 Å². The lowest BCUT2D eigenvalue weighted by molar-refractivity contribution is -0.127. The van der Waals surface area contributed by atoms with Gasteiger partial charge in [0.1, 0.15) is 11.6 Å². The van der Waals surface area contributed by atoms with Crippen LogP contribution >= 0.6 is 11.8 Å². The van der Waals surface area contributed by atoms with Crippen molar-refractivity contribution in [3.05, 3.63) is 6.07 Å². The van der Waals surface area contributed by atoms with Crippen molar-refractivity contribution in [3.63, 3.8) is 0 Å². The summed E-state index contributed by atoms with van der Waals surface area (Å²) in [6.45, 7) is 0.293. The highest BCUT2D eigenvalue weighted by Gasteiger charge is 2.12. The summed E-state index contributed by atoms with van der Waals surface area (Å²) in [6, 6.07) is 1.82. The van der Waals surface area contributed by atoms with E-state index in [4.69, 9.17) is 0 Å². The Morgan fingerprint density at radius 1 is 1.39 bits per heavy atom. The Hall–Kier alpha value is -1.50. The van der Waals surface area contributed by atoms with Crippen LogP contribution in [0.5, 0.6) is 0 Å². The summed E-state index contributed by atoms with van der Waals surface area (Å²) >= 11 is 1.47. The zero-order valence-corrected chi connectivity index (χ0v) is 12.2. The summed E-state index contributed by atoms with van der Waals surface area (Å²) in [4.78, 5) is 23.7. The number of likely N-dealkylation sites (N-methyl/N-ethyl adjacent to an activating group) is 2. The first-order chi connectivity index (χ1) is 8.47. The molecule has 0 atom stereocenters. The van der Waals surface area contributed by atoms with Crippen LogP contribution in [0.4, 0.5) is 11.6 Å². The maximum absolute atomic E-state index is 11.7. The van der Waals surface area contributed by atoms with Crippen LogP contribution in [-0.4, -0.2) is 61.8 Å². The van der Waals surface area contributed by atoms with E-state index in [1.54, 1.807) is 26.0 Å². The Labute approximate surface area is 112 Å². The van der Waals surface area contributed by atoms with Gasteiger partial charge in [0.2, 0.25) is 5.91 Å². The van der Waals surface area contributed by atoms with Crippen LogP contribution in [0.2, 0.25) is 0 Å². The van der Waals surface area contributed by atoms with E-state index in [1.165, 1.54) is 11.8 Å². The molecule has 7 heteroatoms. The molecule has 1 amide bonds. The highest BCUT2D eigenvalue weighted by atomic mass is 32.2. The molecule has 1 aromatic heterocycles. The van der Waals surface area contributed by atoms with Gasteiger partial charge >= 0.3 is 0 Å². The topological polar surface area (TPSA) is 61.4 Å². The van der Waals surface area contributed by atoms with E-state index >= 15 is 0 Å². The van der Waals surface area contributed by atoms with Gasteiger partial charge in [-0.3, -0.25) is 4.79 Å². The second kappa shape index (κ2) is 6.44. The predicted molar refractivity (Wildman–Crippen MR) is 75.3 cm³/mol. The van der Waals surface area contributed by atoms with E-state index in [9.17, 15) is 4.79 Å². The molecule has 0 aliphatic carbocycles. The number of carbonyl (C=O) groups is 1. The molecule has 1 aromatic rings. The van der Waals surface area contributed by atoms with Crippen LogP contribution in [-0.2, 0) is 4.79 Å². The normalized spacial score (nSPS) is 10.1. The van der Waals surface area contributed by atoms with Crippen molar-refractivity contribution < 1.29 is 4.79 Å². The summed E-state index contributed by atoms with van der Waals surface area (Å²) < 4.78 is 0. The fourth-order valence-corrected chi connectivity index (χ4v) is 1.63. The molecule has 0 bridgehead atoms. The van der Waals surface area contributed by atoms with Gasteiger partial charge in [0, 0.05) is 34.3 Å². The first-order valence-corrected chi connectivity index (χ1v) is 6.72. The van der Waals surface area contributed by atoms with Gasteiger partial charge in [0.05, 0.1) is 6.54 Å². The maximum Gasteiger partial charge on any atom is 0.241 e. The largest absolute Gasteiger partial charge is 0.373 e. The number of hydrogen-bond donors (Lipinski definition) is 1. The van der Waals surface area contributed by atoms with Crippen molar-refractivity contribution in [3.8, 4) is 0 Å². The predicted octanol–water partition coefficient (Wildman–Crippen LogP) is 0.765. The van der Waals surface area contributed by atoms with Crippen LogP contribution in [0.3, 0.4) is 0 Å². The van der Waals surface area contributed by atoms with E-state index in [0.29, 0.717) is 11.7 Å². The molecule has 0 saturated heterocycles. The number of nitrogens with zero attached hydrogens (tertiary/aromatic N) is 4. The summed E-state index contributed by atoms with van der Waals surface area (Å²) in [5, 5.41) is 3.67. The van der Waals surface area contributed by atoms with Crippen molar-refractivity contribution in [1.82, 2.24) is 14.9 Å². The average Bonchev–Trinajstić information content (AvgIpc) is 2.37. The number of anilines is 2. The molecule has 0 aliphatic heterocycles. The van der Waals surface area contributed by atoms with Gasteiger partial charge in [-0.1, -0.05) is 11.8 Å². The van der Waals surface area contributed by atoms with Crippen LogP contribution in [0.25, 0.3) is 0 Å². The molecule has 0 saturated carbocycles. The molecule has 1 N–H and O–H groups in total. The summed E-state index contributed by atoms with van der Waals surface area (Å²) in [7, 11) is 7.12. The highest BCUT2D eigenvalue weighted by Crippen LogP contribution is 2.19. The van der Waals surface area contributed by atoms with Gasteiger partial charge in [-0.15, -0.1) is 0 Å². The molecule has 0 aromatic carbocycles. The average molecular weight is 269 g/mol. The Morgan fingerprint density at radius 2 is 2.06 bits per heavy atom. The second-order valence-corrected chi connectivity index (χ2v) is 4.77. The maximum atomic E-state index is 11.7. The minimum Gasteiger partial charge on any atom is -0.373 e. The van der Waals surface area contributed by atoms with Crippen molar-refractivity contribution in [2.24, 2.45) is 0 Å². The molecule has 1 heterocycles. The van der Waals surface area contributed by atoms with Gasteiger partial charge in [0.25, 0.3) is 0 Å². The van der Waals surface area contributed by atoms with Crippen LogP contribution in [0.1, 0.15) is 0 Å². The molecule has 0 radical (unpaired) electrons. The number of carbonyl (C=O) groups excluding carboxylic acids is 1. The second-order valence-electron chi connectivity index (χ2n) is 3.99. The standard InChI is InChI=1S/C11H19N5OS/c1-12-8-6-9(14-11(13-8)18-5)16(4)7-10(17)15(2)3/h6H,7H2,1-5H3,(H,12,13,14). The van der Waals surface area contributed by atoms with Gasteiger partial charge < -0.3 is 15.1 Å². The third kappa shape index (κ3) is 3.76. The Morgan fingerprint density at radius 3 is 2.56 bits per heavy atom. The van der Waals surface area contributed by atoms with E-state index < -0.39 is 0 Å². The molecular formula is C11H19N5OS. The monoisotopic (exact) mass is 269 g/mol. The third-order valence-corrected chi connectivity index (χ3v) is 2.94. The Kier molecular flexibility index (Phi) is 5.21. The van der Waals surface area contributed by atoms with E-state index in [2.05, 4.69) is 15.3 Å². The molecule has 18 heavy (non-hydrogen) atoms. The third-order valence-electron chi connectivity index (χ3n) is 2.39. The number of hydrogen-bond acceptors (Lipinski definition) is 6. The van der Waals surface area contributed by atoms with Crippen molar-refractivity contribution in [2.75, 3.05) is 51.2 Å². The molecule has 0 aliphatic rings. The van der Waals surface area contributed by atoms with Crippen LogP contribution in [0, 0.1) is 0 Å². The van der Waals surface area contributed by atoms with E-state index in [0.717, 1.165) is 11.6 Å². The number of rotatable bonds is 5. The minimum absolute atomic E-state index is 0.0350. The van der Waals surface area contributed by atoms with E-state index in [1.807, 2.05) is 24.3 Å². The molecule has 100 valence electrons. The lowest BCUT2D eigenvalue weighted by Gasteiger charge is -2.20. The number of amides is 1. The summed E-state index contributed by atoms with van der Waals surface area (Å²) in [5.74, 6) is 1.51. The lowest BCUT2D eigenvalue weighted by Crippen LogP contribution is -2.34. The SMILES string of the molecule is CNc1cc(N(C)CC(=O)N(C)C)nc(SC)n1. The van der Waals surface area contributed by atoms with Gasteiger partial charge in [0.15, 0.2) is 5.16 Å². The lowest BCUT2D eigenvalue weighted by atomic mass is 10.4. The van der Waals surface area contributed by atoms with Crippen LogP contribution in [0.15, 0.2) is 11.2 Å². The number of nitrogens with one attached hydrogen (secondary N) is 1. The fourth-order valence-electron chi connectivity index (χ4n) is 1.25. The molecule has 6 nitrogen and oxygen atoms in total. The number of thioether (sulfide) groups is 1. The summed E-state index contributed by atoms with van der Waals surface area (Å²) in [6.07, 6.45) is 1.92. The molecule has 0 fully saturated rings. The Bertz CT molecular complexity index is 402. The van der Waals surface area contributed by atoms with Crippen molar-refractivity contribution >= 4 is 29.3 Å². The number of aromatic nitrogens is 2. The quantitative estimate of drug-likeness (QED) is 0.629. The van der Waals surface area contributed by atoms with Gasteiger partial charge in [-0.25, -0.2) is 9.97 Å². The zero-order chi connectivity index (χ0) is 13.7. The highest BCUT2D eigenvalue weighted by molar-refractivity contribution is 7.98. The first kappa shape index (κ1) is 14.6. The molecule has 1 rings (SSSR count).